The van der Waals surface area contributed by atoms with E-state index in [4.69, 9.17) is 10.5 Å². The number of halogens is 3. The minimum Gasteiger partial charge on any atom is -0.373 e. The molecule has 0 aromatic carbocycles. The zero-order valence-electron chi connectivity index (χ0n) is 9.71. The Kier molecular flexibility index (Phi) is 3.78. The van der Waals surface area contributed by atoms with E-state index < -0.39 is 23.7 Å². The molecule has 0 saturated carbocycles. The SMILES string of the molecule is CCC(OC)c1noc(C(C)(N)C(F)(F)F)n1. The van der Waals surface area contributed by atoms with Crippen molar-refractivity contribution in [3.8, 4) is 0 Å². The third kappa shape index (κ3) is 2.58. The number of hydrogen-bond acceptors (Lipinski definition) is 5. The third-order valence-corrected chi connectivity index (χ3v) is 2.42. The maximum atomic E-state index is 12.6. The molecule has 2 N–H and O–H groups in total. The predicted octanol–water partition coefficient (Wildman–Crippen LogP) is 1.90. The molecule has 0 aliphatic carbocycles. The minimum atomic E-state index is -4.66. The van der Waals surface area contributed by atoms with Crippen LogP contribution in [0.2, 0.25) is 0 Å². The van der Waals surface area contributed by atoms with Gasteiger partial charge in [0.05, 0.1) is 0 Å². The largest absolute Gasteiger partial charge is 0.415 e. The van der Waals surface area contributed by atoms with Gasteiger partial charge in [-0.3, -0.25) is 0 Å². The zero-order chi connectivity index (χ0) is 13.3. The predicted molar refractivity (Wildman–Crippen MR) is 51.9 cm³/mol. The van der Waals surface area contributed by atoms with Gasteiger partial charge < -0.3 is 15.0 Å². The van der Waals surface area contributed by atoms with Crippen molar-refractivity contribution in [2.24, 2.45) is 5.73 Å². The lowest BCUT2D eigenvalue weighted by Crippen LogP contribution is -2.48. The Bertz CT molecular complexity index is 372. The summed E-state index contributed by atoms with van der Waals surface area (Å²) in [5.74, 6) is -0.610. The van der Waals surface area contributed by atoms with Crippen LogP contribution in [0.3, 0.4) is 0 Å². The van der Waals surface area contributed by atoms with Crippen LogP contribution >= 0.6 is 0 Å². The van der Waals surface area contributed by atoms with Gasteiger partial charge in [-0.2, -0.15) is 18.2 Å². The Morgan fingerprint density at radius 3 is 2.47 bits per heavy atom. The molecule has 0 saturated heterocycles. The maximum Gasteiger partial charge on any atom is 0.415 e. The van der Waals surface area contributed by atoms with Crippen molar-refractivity contribution >= 4 is 0 Å². The second-order valence-corrected chi connectivity index (χ2v) is 3.79. The maximum absolute atomic E-state index is 12.6. The summed E-state index contributed by atoms with van der Waals surface area (Å²) in [5.41, 5.74) is 2.49. The molecule has 0 radical (unpaired) electrons. The molecule has 0 spiro atoms. The van der Waals surface area contributed by atoms with Crippen molar-refractivity contribution in [3.05, 3.63) is 11.7 Å². The van der Waals surface area contributed by atoms with Gasteiger partial charge in [0.15, 0.2) is 5.54 Å². The summed E-state index contributed by atoms with van der Waals surface area (Å²) in [4.78, 5) is 3.64. The molecule has 0 bridgehead atoms. The van der Waals surface area contributed by atoms with Crippen molar-refractivity contribution in [2.45, 2.75) is 38.1 Å². The quantitative estimate of drug-likeness (QED) is 0.887. The van der Waals surface area contributed by atoms with Gasteiger partial charge in [0, 0.05) is 7.11 Å². The molecule has 1 rings (SSSR count). The number of nitrogens with zero attached hydrogens (tertiary/aromatic N) is 2. The smallest absolute Gasteiger partial charge is 0.373 e. The number of ether oxygens (including phenoxy) is 1. The van der Waals surface area contributed by atoms with E-state index >= 15 is 0 Å². The Hall–Kier alpha value is -1.15. The highest BCUT2D eigenvalue weighted by molar-refractivity contribution is 5.05. The number of aromatic nitrogens is 2. The van der Waals surface area contributed by atoms with E-state index in [0.717, 1.165) is 6.92 Å². The van der Waals surface area contributed by atoms with Crippen molar-refractivity contribution < 1.29 is 22.4 Å². The summed E-state index contributed by atoms with van der Waals surface area (Å²) in [5, 5.41) is 3.45. The highest BCUT2D eigenvalue weighted by Gasteiger charge is 2.53. The van der Waals surface area contributed by atoms with E-state index in [1.807, 2.05) is 0 Å². The monoisotopic (exact) mass is 253 g/mol. The molecule has 0 aliphatic heterocycles. The summed E-state index contributed by atoms with van der Waals surface area (Å²) in [6.07, 6.45) is -4.65. The van der Waals surface area contributed by atoms with Crippen LogP contribution in [0.5, 0.6) is 0 Å². The number of methoxy groups -OCH3 is 1. The Morgan fingerprint density at radius 1 is 1.47 bits per heavy atom. The van der Waals surface area contributed by atoms with Crippen molar-refractivity contribution in [1.82, 2.24) is 10.1 Å². The van der Waals surface area contributed by atoms with Crippen LogP contribution in [0.1, 0.15) is 38.1 Å². The molecule has 17 heavy (non-hydrogen) atoms. The summed E-state index contributed by atoms with van der Waals surface area (Å²) in [7, 11) is 1.41. The van der Waals surface area contributed by atoms with E-state index in [1.165, 1.54) is 7.11 Å². The second kappa shape index (κ2) is 4.61. The molecule has 2 atom stereocenters. The standard InChI is InChI=1S/C9H14F3N3O2/c1-4-5(16-3)6-14-7(17-15-6)8(2,13)9(10,11)12/h5H,4,13H2,1-3H3. The van der Waals surface area contributed by atoms with Crippen molar-refractivity contribution in [3.63, 3.8) is 0 Å². The molecule has 0 amide bonds. The molecule has 5 nitrogen and oxygen atoms in total. The van der Waals surface area contributed by atoms with Gasteiger partial charge in [-0.25, -0.2) is 0 Å². The molecule has 0 aliphatic rings. The molecule has 98 valence electrons. The van der Waals surface area contributed by atoms with Gasteiger partial charge in [0.1, 0.15) is 6.10 Å². The van der Waals surface area contributed by atoms with Gasteiger partial charge in [-0.05, 0) is 13.3 Å². The van der Waals surface area contributed by atoms with E-state index in [-0.39, 0.29) is 5.82 Å². The van der Waals surface area contributed by atoms with Gasteiger partial charge in [-0.1, -0.05) is 12.1 Å². The normalized spacial score (nSPS) is 17.8. The van der Waals surface area contributed by atoms with Crippen molar-refractivity contribution in [1.29, 1.82) is 0 Å². The fraction of sp³-hybridized carbons (Fsp3) is 0.778. The third-order valence-electron chi connectivity index (χ3n) is 2.42. The first kappa shape index (κ1) is 13.9. The summed E-state index contributed by atoms with van der Waals surface area (Å²) < 4.78 is 47.4. The van der Waals surface area contributed by atoms with E-state index in [1.54, 1.807) is 6.92 Å². The Morgan fingerprint density at radius 2 is 2.06 bits per heavy atom. The summed E-state index contributed by atoms with van der Waals surface area (Å²) in [6.45, 7) is 2.56. The van der Waals surface area contributed by atoms with Gasteiger partial charge in [0.2, 0.25) is 5.82 Å². The number of rotatable bonds is 4. The van der Waals surface area contributed by atoms with Crippen LogP contribution in [0, 0.1) is 0 Å². The first-order chi connectivity index (χ1) is 7.74. The lowest BCUT2D eigenvalue weighted by molar-refractivity contribution is -0.190. The average molecular weight is 253 g/mol. The molecule has 1 aromatic heterocycles. The second-order valence-electron chi connectivity index (χ2n) is 3.79. The Labute approximate surface area is 96.1 Å². The molecule has 8 heteroatoms. The summed E-state index contributed by atoms with van der Waals surface area (Å²) in [6, 6.07) is 0. The average Bonchev–Trinajstić information content (AvgIpc) is 2.67. The van der Waals surface area contributed by atoms with Gasteiger partial charge in [0.25, 0.3) is 5.89 Å². The van der Waals surface area contributed by atoms with Gasteiger partial charge >= 0.3 is 6.18 Å². The van der Waals surface area contributed by atoms with Crippen LogP contribution in [0.15, 0.2) is 4.52 Å². The van der Waals surface area contributed by atoms with Crippen molar-refractivity contribution in [2.75, 3.05) is 7.11 Å². The van der Waals surface area contributed by atoms with Crippen LogP contribution in [0.25, 0.3) is 0 Å². The van der Waals surface area contributed by atoms with Crippen LogP contribution in [-0.4, -0.2) is 23.4 Å². The zero-order valence-corrected chi connectivity index (χ0v) is 9.71. The van der Waals surface area contributed by atoms with E-state index in [0.29, 0.717) is 6.42 Å². The fourth-order valence-corrected chi connectivity index (χ4v) is 1.15. The Balaban J connectivity index is 3.03. The minimum absolute atomic E-state index is 0.0610. The van der Waals surface area contributed by atoms with Crippen LogP contribution in [0.4, 0.5) is 13.2 Å². The number of hydrogen-bond donors (Lipinski definition) is 1. The lowest BCUT2D eigenvalue weighted by Gasteiger charge is -2.22. The molecule has 1 aromatic rings. The number of alkyl halides is 3. The van der Waals surface area contributed by atoms with Crippen LogP contribution in [-0.2, 0) is 10.3 Å². The first-order valence-corrected chi connectivity index (χ1v) is 4.96. The van der Waals surface area contributed by atoms with Gasteiger partial charge in [-0.15, -0.1) is 0 Å². The summed E-state index contributed by atoms with van der Waals surface area (Å²) >= 11 is 0. The molecule has 1 heterocycles. The highest BCUT2D eigenvalue weighted by atomic mass is 19.4. The topological polar surface area (TPSA) is 74.2 Å². The van der Waals surface area contributed by atoms with E-state index in [2.05, 4.69) is 14.7 Å². The fourth-order valence-electron chi connectivity index (χ4n) is 1.15. The highest BCUT2D eigenvalue weighted by Crippen LogP contribution is 2.35. The van der Waals surface area contributed by atoms with Crippen LogP contribution < -0.4 is 5.73 Å². The molecular weight excluding hydrogens is 239 g/mol. The van der Waals surface area contributed by atoms with E-state index in [9.17, 15) is 13.2 Å². The molecular formula is C9H14F3N3O2. The first-order valence-electron chi connectivity index (χ1n) is 4.96. The lowest BCUT2D eigenvalue weighted by atomic mass is 10.0. The molecule has 0 fully saturated rings. The molecule has 2 unspecified atom stereocenters. The number of nitrogens with two attached hydrogens (primary N) is 1.